The van der Waals surface area contributed by atoms with Crippen molar-refractivity contribution >= 4 is 5.97 Å². The SMILES string of the molecule is NC(CC(=O)O)c1cccc(-c2cccc(F)c2F)c1. The lowest BCUT2D eigenvalue weighted by Gasteiger charge is -2.11. The zero-order valence-electron chi connectivity index (χ0n) is 10.5. The average molecular weight is 277 g/mol. The molecule has 0 amide bonds. The summed E-state index contributed by atoms with van der Waals surface area (Å²) in [5.74, 6) is -2.88. The van der Waals surface area contributed by atoms with Gasteiger partial charge in [-0.2, -0.15) is 0 Å². The molecule has 0 fully saturated rings. The Morgan fingerprint density at radius 1 is 1.20 bits per heavy atom. The summed E-state index contributed by atoms with van der Waals surface area (Å²) in [6, 6.07) is 9.71. The van der Waals surface area contributed by atoms with Crippen molar-refractivity contribution in [1.82, 2.24) is 0 Å². The van der Waals surface area contributed by atoms with Crippen molar-refractivity contribution in [2.24, 2.45) is 5.73 Å². The maximum atomic E-state index is 13.7. The van der Waals surface area contributed by atoms with Crippen LogP contribution in [-0.2, 0) is 4.79 Å². The molecule has 1 unspecified atom stereocenters. The number of nitrogens with two attached hydrogens (primary N) is 1. The number of carboxylic acids is 1. The molecule has 5 heteroatoms. The van der Waals surface area contributed by atoms with Gasteiger partial charge in [0.15, 0.2) is 11.6 Å². The van der Waals surface area contributed by atoms with Crippen LogP contribution in [0.1, 0.15) is 18.0 Å². The third-order valence-corrected chi connectivity index (χ3v) is 2.97. The van der Waals surface area contributed by atoms with Crippen molar-refractivity contribution in [2.45, 2.75) is 12.5 Å². The van der Waals surface area contributed by atoms with Crippen molar-refractivity contribution in [1.29, 1.82) is 0 Å². The highest BCUT2D eigenvalue weighted by Crippen LogP contribution is 2.27. The van der Waals surface area contributed by atoms with Gasteiger partial charge < -0.3 is 10.8 Å². The summed E-state index contributed by atoms with van der Waals surface area (Å²) in [5, 5.41) is 8.72. The molecule has 1 atom stereocenters. The summed E-state index contributed by atoms with van der Waals surface area (Å²) in [6.45, 7) is 0. The Morgan fingerprint density at radius 3 is 2.60 bits per heavy atom. The molecule has 0 radical (unpaired) electrons. The Morgan fingerprint density at radius 2 is 1.90 bits per heavy atom. The minimum Gasteiger partial charge on any atom is -0.481 e. The van der Waals surface area contributed by atoms with Gasteiger partial charge in [0.1, 0.15) is 0 Å². The van der Waals surface area contributed by atoms with E-state index in [0.717, 1.165) is 6.07 Å². The fraction of sp³-hybridized carbons (Fsp3) is 0.133. The first-order valence-corrected chi connectivity index (χ1v) is 6.00. The first-order chi connectivity index (χ1) is 9.49. The monoisotopic (exact) mass is 277 g/mol. The minimum atomic E-state index is -1.01. The van der Waals surface area contributed by atoms with E-state index >= 15 is 0 Å². The molecule has 0 bridgehead atoms. The lowest BCUT2D eigenvalue weighted by atomic mass is 9.98. The summed E-state index contributed by atoms with van der Waals surface area (Å²) >= 11 is 0. The van der Waals surface area contributed by atoms with E-state index in [1.807, 2.05) is 0 Å². The van der Waals surface area contributed by atoms with E-state index in [1.165, 1.54) is 12.1 Å². The van der Waals surface area contributed by atoms with Crippen molar-refractivity contribution in [2.75, 3.05) is 0 Å². The third kappa shape index (κ3) is 3.00. The second kappa shape index (κ2) is 5.79. The van der Waals surface area contributed by atoms with Crippen molar-refractivity contribution in [3.63, 3.8) is 0 Å². The van der Waals surface area contributed by atoms with E-state index in [9.17, 15) is 13.6 Å². The smallest absolute Gasteiger partial charge is 0.305 e. The number of hydrogen-bond acceptors (Lipinski definition) is 2. The summed E-state index contributed by atoms with van der Waals surface area (Å²) < 4.78 is 26.9. The molecule has 3 nitrogen and oxygen atoms in total. The summed E-state index contributed by atoms with van der Waals surface area (Å²) in [7, 11) is 0. The second-order valence-corrected chi connectivity index (χ2v) is 4.43. The van der Waals surface area contributed by atoms with Crippen LogP contribution in [0.25, 0.3) is 11.1 Å². The lowest BCUT2D eigenvalue weighted by molar-refractivity contribution is -0.137. The van der Waals surface area contributed by atoms with Gasteiger partial charge in [0, 0.05) is 11.6 Å². The standard InChI is InChI=1S/C15H13F2NO2/c16-12-6-2-5-11(15(12)17)9-3-1-4-10(7-9)13(18)8-14(19)20/h1-7,13H,8,18H2,(H,19,20). The van der Waals surface area contributed by atoms with E-state index in [4.69, 9.17) is 10.8 Å². The predicted octanol–water partition coefficient (Wildman–Crippen LogP) is 3.11. The van der Waals surface area contributed by atoms with E-state index in [1.54, 1.807) is 24.3 Å². The van der Waals surface area contributed by atoms with Crippen LogP contribution in [0, 0.1) is 11.6 Å². The topological polar surface area (TPSA) is 63.3 Å². The molecular formula is C15H13F2NO2. The van der Waals surface area contributed by atoms with Crippen LogP contribution < -0.4 is 5.73 Å². The van der Waals surface area contributed by atoms with Gasteiger partial charge in [0.05, 0.1) is 6.42 Å². The fourth-order valence-electron chi connectivity index (χ4n) is 1.97. The van der Waals surface area contributed by atoms with Crippen LogP contribution in [0.3, 0.4) is 0 Å². The molecule has 0 spiro atoms. The minimum absolute atomic E-state index is 0.120. The number of benzene rings is 2. The highest BCUT2D eigenvalue weighted by molar-refractivity contribution is 5.69. The Balaban J connectivity index is 2.39. The third-order valence-electron chi connectivity index (χ3n) is 2.97. The largest absolute Gasteiger partial charge is 0.481 e. The molecule has 2 aromatic carbocycles. The van der Waals surface area contributed by atoms with Gasteiger partial charge in [-0.05, 0) is 23.3 Å². The molecule has 0 aliphatic rings. The number of hydrogen-bond donors (Lipinski definition) is 2. The molecule has 2 rings (SSSR count). The van der Waals surface area contributed by atoms with E-state index in [-0.39, 0.29) is 12.0 Å². The number of halogens is 2. The number of carboxylic acid groups (broad SMARTS) is 1. The molecule has 0 saturated heterocycles. The van der Waals surface area contributed by atoms with Gasteiger partial charge in [-0.25, -0.2) is 8.78 Å². The van der Waals surface area contributed by atoms with Crippen LogP contribution in [0.4, 0.5) is 8.78 Å². The Labute approximate surface area is 114 Å². The number of aliphatic carboxylic acids is 1. The maximum Gasteiger partial charge on any atom is 0.305 e. The molecule has 0 saturated carbocycles. The summed E-state index contributed by atoms with van der Waals surface area (Å²) in [4.78, 5) is 10.6. The summed E-state index contributed by atoms with van der Waals surface area (Å²) in [6.07, 6.45) is -0.227. The van der Waals surface area contributed by atoms with Crippen LogP contribution in [0.5, 0.6) is 0 Å². The van der Waals surface area contributed by atoms with Crippen molar-refractivity contribution in [3.05, 3.63) is 59.7 Å². The zero-order chi connectivity index (χ0) is 14.7. The zero-order valence-corrected chi connectivity index (χ0v) is 10.5. The second-order valence-electron chi connectivity index (χ2n) is 4.43. The van der Waals surface area contributed by atoms with Crippen LogP contribution in [-0.4, -0.2) is 11.1 Å². The number of carbonyl (C=O) groups is 1. The molecular weight excluding hydrogens is 264 g/mol. The first kappa shape index (κ1) is 14.1. The highest BCUT2D eigenvalue weighted by Gasteiger charge is 2.13. The van der Waals surface area contributed by atoms with Crippen molar-refractivity contribution in [3.8, 4) is 11.1 Å². The lowest BCUT2D eigenvalue weighted by Crippen LogP contribution is -2.14. The molecule has 0 aromatic heterocycles. The molecule has 104 valence electrons. The molecule has 2 aromatic rings. The molecule has 3 N–H and O–H groups in total. The van der Waals surface area contributed by atoms with Gasteiger partial charge in [0.25, 0.3) is 0 Å². The Bertz CT molecular complexity index is 644. The quantitative estimate of drug-likeness (QED) is 0.902. The van der Waals surface area contributed by atoms with Gasteiger partial charge in [0.2, 0.25) is 0 Å². The van der Waals surface area contributed by atoms with Gasteiger partial charge in [-0.3, -0.25) is 4.79 Å². The maximum absolute atomic E-state index is 13.7. The highest BCUT2D eigenvalue weighted by atomic mass is 19.2. The predicted molar refractivity (Wildman–Crippen MR) is 71.0 cm³/mol. The number of rotatable bonds is 4. The van der Waals surface area contributed by atoms with Crippen LogP contribution in [0.2, 0.25) is 0 Å². The van der Waals surface area contributed by atoms with E-state index < -0.39 is 23.6 Å². The van der Waals surface area contributed by atoms with E-state index in [2.05, 4.69) is 0 Å². The molecule has 0 aliphatic heterocycles. The van der Waals surface area contributed by atoms with Crippen LogP contribution in [0.15, 0.2) is 42.5 Å². The molecule has 0 heterocycles. The Kier molecular flexibility index (Phi) is 4.10. The fourth-order valence-corrected chi connectivity index (χ4v) is 1.97. The van der Waals surface area contributed by atoms with Crippen LogP contribution >= 0.6 is 0 Å². The Hall–Kier alpha value is -2.27. The average Bonchev–Trinajstić information content (AvgIpc) is 2.41. The van der Waals surface area contributed by atoms with Gasteiger partial charge in [-0.1, -0.05) is 30.3 Å². The normalized spacial score (nSPS) is 12.2. The van der Waals surface area contributed by atoms with Crippen molar-refractivity contribution < 1.29 is 18.7 Å². The molecule has 0 aliphatic carbocycles. The summed E-state index contributed by atoms with van der Waals surface area (Å²) in [5.41, 5.74) is 6.90. The first-order valence-electron chi connectivity index (χ1n) is 6.00. The molecule has 20 heavy (non-hydrogen) atoms. The van der Waals surface area contributed by atoms with Gasteiger partial charge >= 0.3 is 5.97 Å². The van der Waals surface area contributed by atoms with E-state index in [0.29, 0.717) is 11.1 Å². The van der Waals surface area contributed by atoms with Gasteiger partial charge in [-0.15, -0.1) is 0 Å².